The summed E-state index contributed by atoms with van der Waals surface area (Å²) in [5, 5.41) is 0. The van der Waals surface area contributed by atoms with E-state index >= 15 is 0 Å². The average molecular weight is 223 g/mol. The summed E-state index contributed by atoms with van der Waals surface area (Å²) in [5.41, 5.74) is 2.37. The van der Waals surface area contributed by atoms with Crippen molar-refractivity contribution in [2.24, 2.45) is 0 Å². The standard InChI is InChI=1S/C13H21NO2/c1-6-10-9-11(7-8-12(10)15-4)13(16-5)14(2)3/h7-9,13H,6H2,1-5H3. The largest absolute Gasteiger partial charge is 0.496 e. The third kappa shape index (κ3) is 2.74. The van der Waals surface area contributed by atoms with Crippen molar-refractivity contribution >= 4 is 0 Å². The Bertz CT molecular complexity index is 337. The van der Waals surface area contributed by atoms with Gasteiger partial charge >= 0.3 is 0 Å². The highest BCUT2D eigenvalue weighted by molar-refractivity contribution is 5.38. The van der Waals surface area contributed by atoms with E-state index in [2.05, 4.69) is 13.0 Å². The van der Waals surface area contributed by atoms with Crippen LogP contribution in [0.15, 0.2) is 18.2 Å². The minimum absolute atomic E-state index is 0.00351. The molecule has 0 aliphatic carbocycles. The van der Waals surface area contributed by atoms with Crippen LogP contribution >= 0.6 is 0 Å². The Labute approximate surface area is 98.0 Å². The lowest BCUT2D eigenvalue weighted by molar-refractivity contribution is -0.00547. The molecule has 0 radical (unpaired) electrons. The first kappa shape index (κ1) is 13.0. The zero-order valence-electron chi connectivity index (χ0n) is 10.8. The molecule has 0 saturated carbocycles. The second-order valence-electron chi connectivity index (χ2n) is 3.98. The predicted octanol–water partition coefficient (Wildman–Crippen LogP) is 2.46. The molecule has 0 spiro atoms. The van der Waals surface area contributed by atoms with Gasteiger partial charge in [0.1, 0.15) is 12.0 Å². The Kier molecular flexibility index (Phi) is 4.77. The van der Waals surface area contributed by atoms with E-state index in [1.807, 2.05) is 31.1 Å². The first-order valence-electron chi connectivity index (χ1n) is 5.50. The van der Waals surface area contributed by atoms with Crippen molar-refractivity contribution in [3.05, 3.63) is 29.3 Å². The molecule has 0 fully saturated rings. The minimum atomic E-state index is -0.00351. The average Bonchev–Trinajstić information content (AvgIpc) is 2.29. The van der Waals surface area contributed by atoms with Crippen LogP contribution < -0.4 is 4.74 Å². The molecule has 1 aromatic carbocycles. The molecular weight excluding hydrogens is 202 g/mol. The van der Waals surface area contributed by atoms with Crippen molar-refractivity contribution in [1.29, 1.82) is 0 Å². The van der Waals surface area contributed by atoms with Crippen molar-refractivity contribution in [3.63, 3.8) is 0 Å². The molecule has 1 atom stereocenters. The van der Waals surface area contributed by atoms with Gasteiger partial charge in [0.15, 0.2) is 0 Å². The molecule has 0 bridgehead atoms. The number of aryl methyl sites for hydroxylation is 1. The van der Waals surface area contributed by atoms with Gasteiger partial charge in [-0.2, -0.15) is 0 Å². The van der Waals surface area contributed by atoms with Crippen LogP contribution in [-0.4, -0.2) is 33.2 Å². The summed E-state index contributed by atoms with van der Waals surface area (Å²) in [6.45, 7) is 2.12. The van der Waals surface area contributed by atoms with Crippen molar-refractivity contribution in [3.8, 4) is 5.75 Å². The van der Waals surface area contributed by atoms with Crippen molar-refractivity contribution in [2.45, 2.75) is 19.6 Å². The Hall–Kier alpha value is -1.06. The highest BCUT2D eigenvalue weighted by Gasteiger charge is 2.14. The second kappa shape index (κ2) is 5.87. The SMILES string of the molecule is CCc1cc(C(OC)N(C)C)ccc1OC. The topological polar surface area (TPSA) is 21.7 Å². The van der Waals surface area contributed by atoms with Gasteiger partial charge in [0, 0.05) is 7.11 Å². The van der Waals surface area contributed by atoms with Gasteiger partial charge in [0.05, 0.1) is 7.11 Å². The maximum absolute atomic E-state index is 5.46. The minimum Gasteiger partial charge on any atom is -0.496 e. The summed E-state index contributed by atoms with van der Waals surface area (Å²) >= 11 is 0. The second-order valence-corrected chi connectivity index (χ2v) is 3.98. The van der Waals surface area contributed by atoms with Crippen LogP contribution in [0.3, 0.4) is 0 Å². The molecule has 1 aromatic rings. The third-order valence-electron chi connectivity index (χ3n) is 2.66. The molecule has 0 saturated heterocycles. The normalized spacial score (nSPS) is 12.9. The monoisotopic (exact) mass is 223 g/mol. The molecular formula is C13H21NO2. The molecule has 0 heterocycles. The number of hydrogen-bond donors (Lipinski definition) is 0. The Morgan fingerprint density at radius 2 is 1.94 bits per heavy atom. The van der Waals surface area contributed by atoms with Gasteiger partial charge in [-0.05, 0) is 43.8 Å². The van der Waals surface area contributed by atoms with Gasteiger partial charge in [-0.25, -0.2) is 0 Å². The zero-order valence-corrected chi connectivity index (χ0v) is 10.8. The molecule has 1 rings (SSSR count). The molecule has 0 amide bonds. The Morgan fingerprint density at radius 1 is 1.25 bits per heavy atom. The van der Waals surface area contributed by atoms with Crippen molar-refractivity contribution in [2.75, 3.05) is 28.3 Å². The van der Waals surface area contributed by atoms with E-state index in [1.54, 1.807) is 14.2 Å². The number of methoxy groups -OCH3 is 2. The molecule has 0 aromatic heterocycles. The lowest BCUT2D eigenvalue weighted by atomic mass is 10.1. The summed E-state index contributed by atoms with van der Waals surface area (Å²) in [6.07, 6.45) is 0.956. The van der Waals surface area contributed by atoms with Gasteiger partial charge in [-0.1, -0.05) is 13.0 Å². The maximum atomic E-state index is 5.46. The molecule has 0 aliphatic rings. The molecule has 3 heteroatoms. The molecule has 0 N–H and O–H groups in total. The van der Waals surface area contributed by atoms with E-state index in [4.69, 9.17) is 9.47 Å². The third-order valence-corrected chi connectivity index (χ3v) is 2.66. The highest BCUT2D eigenvalue weighted by atomic mass is 16.5. The van der Waals surface area contributed by atoms with Crippen molar-refractivity contribution < 1.29 is 9.47 Å². The van der Waals surface area contributed by atoms with Crippen LogP contribution in [0.2, 0.25) is 0 Å². The number of rotatable bonds is 5. The Balaban J connectivity index is 3.06. The lowest BCUT2D eigenvalue weighted by Crippen LogP contribution is -2.21. The van der Waals surface area contributed by atoms with E-state index < -0.39 is 0 Å². The van der Waals surface area contributed by atoms with Gasteiger partial charge in [0.2, 0.25) is 0 Å². The van der Waals surface area contributed by atoms with E-state index in [9.17, 15) is 0 Å². The molecule has 16 heavy (non-hydrogen) atoms. The number of benzene rings is 1. The molecule has 3 nitrogen and oxygen atoms in total. The fraction of sp³-hybridized carbons (Fsp3) is 0.538. The van der Waals surface area contributed by atoms with Crippen LogP contribution in [-0.2, 0) is 11.2 Å². The summed E-state index contributed by atoms with van der Waals surface area (Å²) in [6, 6.07) is 6.20. The molecule has 1 unspecified atom stereocenters. The van der Waals surface area contributed by atoms with Crippen LogP contribution in [0.1, 0.15) is 24.3 Å². The van der Waals surface area contributed by atoms with Gasteiger partial charge in [-0.3, -0.25) is 4.90 Å². The number of nitrogens with zero attached hydrogens (tertiary/aromatic N) is 1. The van der Waals surface area contributed by atoms with Gasteiger partial charge in [0.25, 0.3) is 0 Å². The maximum Gasteiger partial charge on any atom is 0.135 e. The summed E-state index contributed by atoms with van der Waals surface area (Å²) in [4.78, 5) is 2.04. The van der Waals surface area contributed by atoms with Crippen LogP contribution in [0.25, 0.3) is 0 Å². The number of ether oxygens (including phenoxy) is 2. The van der Waals surface area contributed by atoms with E-state index in [-0.39, 0.29) is 6.23 Å². The smallest absolute Gasteiger partial charge is 0.135 e. The fourth-order valence-corrected chi connectivity index (χ4v) is 1.87. The van der Waals surface area contributed by atoms with Gasteiger partial charge < -0.3 is 9.47 Å². The summed E-state index contributed by atoms with van der Waals surface area (Å²) < 4.78 is 10.8. The number of hydrogen-bond acceptors (Lipinski definition) is 3. The Morgan fingerprint density at radius 3 is 2.38 bits per heavy atom. The lowest BCUT2D eigenvalue weighted by Gasteiger charge is -2.23. The molecule has 0 aliphatic heterocycles. The predicted molar refractivity (Wildman–Crippen MR) is 65.8 cm³/mol. The first-order valence-corrected chi connectivity index (χ1v) is 5.50. The first-order chi connectivity index (χ1) is 7.63. The summed E-state index contributed by atoms with van der Waals surface area (Å²) in [7, 11) is 7.43. The van der Waals surface area contributed by atoms with Crippen LogP contribution in [0.5, 0.6) is 5.75 Å². The quantitative estimate of drug-likeness (QED) is 0.716. The summed E-state index contributed by atoms with van der Waals surface area (Å²) in [5.74, 6) is 0.944. The highest BCUT2D eigenvalue weighted by Crippen LogP contribution is 2.26. The fourth-order valence-electron chi connectivity index (χ4n) is 1.87. The van der Waals surface area contributed by atoms with E-state index in [1.165, 1.54) is 5.56 Å². The van der Waals surface area contributed by atoms with E-state index in [0.29, 0.717) is 0 Å². The van der Waals surface area contributed by atoms with Gasteiger partial charge in [-0.15, -0.1) is 0 Å². The van der Waals surface area contributed by atoms with Crippen LogP contribution in [0, 0.1) is 0 Å². The zero-order chi connectivity index (χ0) is 12.1. The molecule has 90 valence electrons. The van der Waals surface area contributed by atoms with Crippen molar-refractivity contribution in [1.82, 2.24) is 4.90 Å². The van der Waals surface area contributed by atoms with E-state index in [0.717, 1.165) is 17.7 Å². The van der Waals surface area contributed by atoms with Crippen LogP contribution in [0.4, 0.5) is 0 Å².